The quantitative estimate of drug-likeness (QED) is 0.587. The van der Waals surface area contributed by atoms with Gasteiger partial charge in [0.2, 0.25) is 0 Å². The van der Waals surface area contributed by atoms with E-state index in [1.807, 2.05) is 6.08 Å². The van der Waals surface area contributed by atoms with Crippen molar-refractivity contribution in [2.45, 2.75) is 66.2 Å². The number of carbonyl (C=O) groups is 1. The lowest BCUT2D eigenvalue weighted by Gasteiger charge is -2.56. The van der Waals surface area contributed by atoms with Crippen LogP contribution in [0.4, 0.5) is 0 Å². The number of hydrogen-bond donors (Lipinski definition) is 1. The molecule has 0 aromatic rings. The lowest BCUT2D eigenvalue weighted by Crippen LogP contribution is -2.49. The largest absolute Gasteiger partial charge is 0.466 e. The smallest absolute Gasteiger partial charge is 0.333 e. The van der Waals surface area contributed by atoms with Crippen LogP contribution >= 0.6 is 0 Å². The summed E-state index contributed by atoms with van der Waals surface area (Å²) in [7, 11) is 1.48. The first-order valence-electron chi connectivity index (χ1n) is 9.31. The molecule has 0 spiro atoms. The van der Waals surface area contributed by atoms with Crippen LogP contribution in [0.15, 0.2) is 23.3 Å². The minimum absolute atomic E-state index is 0.0864. The molecule has 1 saturated carbocycles. The van der Waals surface area contributed by atoms with Gasteiger partial charge in [-0.2, -0.15) is 0 Å². The maximum Gasteiger partial charge on any atom is 0.333 e. The van der Waals surface area contributed by atoms with Crippen molar-refractivity contribution >= 4 is 5.97 Å². The fourth-order valence-electron chi connectivity index (χ4n) is 5.37. The number of ether oxygens (including phenoxy) is 1. The molecule has 2 aliphatic rings. The summed E-state index contributed by atoms with van der Waals surface area (Å²) in [5.41, 5.74) is 2.55. The summed E-state index contributed by atoms with van der Waals surface area (Å²) in [5, 5.41) is 9.10. The Labute approximate surface area is 147 Å². The SMILES string of the molecule is COC(=O)C1=CC[C@H]2C(C)(C)CCC[C@]2(C)[C@H]1CC/C(C)=C/CO. The molecule has 0 heterocycles. The number of aliphatic hydroxyl groups is 1. The second-order valence-electron chi connectivity index (χ2n) is 8.61. The molecular formula is C21H34O3. The standard InChI is InChI=1S/C21H34O3/c1-15(11-14-22)7-9-17-16(19(23)24-5)8-10-18-20(2,3)12-6-13-21(17,18)4/h8,11,17-18,22H,6-7,9-10,12-14H2,1-5H3/b15-11+/t17-,18-,21+/m0/s1. The van der Waals surface area contributed by atoms with Crippen molar-refractivity contribution in [2.24, 2.45) is 22.7 Å². The Bertz CT molecular complexity index is 529. The van der Waals surface area contributed by atoms with Gasteiger partial charge in [0.15, 0.2) is 0 Å². The van der Waals surface area contributed by atoms with Crippen LogP contribution in [0.2, 0.25) is 0 Å². The molecule has 0 saturated heterocycles. The van der Waals surface area contributed by atoms with E-state index in [4.69, 9.17) is 9.84 Å². The highest BCUT2D eigenvalue weighted by molar-refractivity contribution is 5.89. The van der Waals surface area contributed by atoms with E-state index in [1.54, 1.807) is 0 Å². The first-order valence-corrected chi connectivity index (χ1v) is 9.31. The van der Waals surface area contributed by atoms with E-state index in [0.29, 0.717) is 11.3 Å². The molecule has 0 unspecified atom stereocenters. The third-order valence-corrected chi connectivity index (χ3v) is 6.71. The highest BCUT2D eigenvalue weighted by atomic mass is 16.5. The zero-order valence-corrected chi connectivity index (χ0v) is 16.0. The van der Waals surface area contributed by atoms with E-state index < -0.39 is 0 Å². The van der Waals surface area contributed by atoms with Crippen LogP contribution in [0.3, 0.4) is 0 Å². The monoisotopic (exact) mass is 334 g/mol. The van der Waals surface area contributed by atoms with Gasteiger partial charge in [0.25, 0.3) is 0 Å². The van der Waals surface area contributed by atoms with Gasteiger partial charge in [-0.15, -0.1) is 0 Å². The minimum Gasteiger partial charge on any atom is -0.466 e. The van der Waals surface area contributed by atoms with Gasteiger partial charge in [0, 0.05) is 5.57 Å². The number of hydrogen-bond acceptors (Lipinski definition) is 3. The Kier molecular flexibility index (Phi) is 5.95. The number of allylic oxidation sites excluding steroid dienone is 2. The Hall–Kier alpha value is -1.09. The highest BCUT2D eigenvalue weighted by Crippen LogP contribution is 2.60. The molecule has 3 heteroatoms. The van der Waals surface area contributed by atoms with E-state index in [0.717, 1.165) is 24.8 Å². The second-order valence-corrected chi connectivity index (χ2v) is 8.61. The molecule has 1 fully saturated rings. The van der Waals surface area contributed by atoms with Crippen molar-refractivity contribution in [3.05, 3.63) is 23.3 Å². The molecule has 3 atom stereocenters. The van der Waals surface area contributed by atoms with Crippen molar-refractivity contribution in [1.29, 1.82) is 0 Å². The molecule has 3 nitrogen and oxygen atoms in total. The van der Waals surface area contributed by atoms with Crippen LogP contribution in [0.5, 0.6) is 0 Å². The number of methoxy groups -OCH3 is 1. The van der Waals surface area contributed by atoms with Gasteiger partial charge < -0.3 is 9.84 Å². The number of fused-ring (bicyclic) bond motifs is 1. The van der Waals surface area contributed by atoms with Crippen molar-refractivity contribution in [2.75, 3.05) is 13.7 Å². The molecular weight excluding hydrogens is 300 g/mol. The van der Waals surface area contributed by atoms with Crippen LogP contribution < -0.4 is 0 Å². The average molecular weight is 335 g/mol. The lowest BCUT2D eigenvalue weighted by atomic mass is 9.48. The minimum atomic E-state index is -0.160. The summed E-state index contributed by atoms with van der Waals surface area (Å²) >= 11 is 0. The van der Waals surface area contributed by atoms with Gasteiger partial charge in [-0.1, -0.05) is 44.9 Å². The molecule has 0 aliphatic heterocycles. The van der Waals surface area contributed by atoms with Crippen molar-refractivity contribution in [3.8, 4) is 0 Å². The van der Waals surface area contributed by atoms with E-state index in [2.05, 4.69) is 33.8 Å². The summed E-state index contributed by atoms with van der Waals surface area (Å²) in [6, 6.07) is 0. The summed E-state index contributed by atoms with van der Waals surface area (Å²) < 4.78 is 5.09. The van der Waals surface area contributed by atoms with Crippen LogP contribution in [-0.2, 0) is 9.53 Å². The maximum atomic E-state index is 12.4. The van der Waals surface area contributed by atoms with Gasteiger partial charge in [-0.25, -0.2) is 4.79 Å². The fourth-order valence-corrected chi connectivity index (χ4v) is 5.37. The topological polar surface area (TPSA) is 46.5 Å². The molecule has 0 aromatic carbocycles. The Morgan fingerprint density at radius 1 is 1.38 bits per heavy atom. The molecule has 136 valence electrons. The molecule has 2 rings (SSSR count). The molecule has 0 radical (unpaired) electrons. The third-order valence-electron chi connectivity index (χ3n) is 6.71. The number of rotatable bonds is 5. The van der Waals surface area contributed by atoms with E-state index in [-0.39, 0.29) is 23.9 Å². The number of carbonyl (C=O) groups excluding carboxylic acids is 1. The van der Waals surface area contributed by atoms with Gasteiger partial charge in [-0.05, 0) is 61.7 Å². The zero-order valence-electron chi connectivity index (χ0n) is 16.0. The van der Waals surface area contributed by atoms with Crippen molar-refractivity contribution in [1.82, 2.24) is 0 Å². The van der Waals surface area contributed by atoms with Crippen LogP contribution in [0.1, 0.15) is 66.2 Å². The lowest BCUT2D eigenvalue weighted by molar-refractivity contribution is -0.139. The van der Waals surface area contributed by atoms with Gasteiger partial charge >= 0.3 is 5.97 Å². The van der Waals surface area contributed by atoms with Crippen LogP contribution in [0, 0.1) is 22.7 Å². The van der Waals surface area contributed by atoms with E-state index in [9.17, 15) is 4.79 Å². The van der Waals surface area contributed by atoms with Crippen LogP contribution in [-0.4, -0.2) is 24.8 Å². The summed E-state index contributed by atoms with van der Waals surface area (Å²) in [6.07, 6.45) is 10.6. The first-order chi connectivity index (χ1) is 11.3. The first kappa shape index (κ1) is 19.2. The van der Waals surface area contributed by atoms with Gasteiger partial charge in [0.05, 0.1) is 13.7 Å². The molecule has 2 aliphatic carbocycles. The Morgan fingerprint density at radius 2 is 2.08 bits per heavy atom. The predicted molar refractivity (Wildman–Crippen MR) is 97.5 cm³/mol. The maximum absolute atomic E-state index is 12.4. The van der Waals surface area contributed by atoms with Crippen molar-refractivity contribution in [3.63, 3.8) is 0 Å². The van der Waals surface area contributed by atoms with Gasteiger partial charge in [0.1, 0.15) is 0 Å². The zero-order chi connectivity index (χ0) is 18.0. The summed E-state index contributed by atoms with van der Waals surface area (Å²) in [5.74, 6) is 0.691. The molecule has 0 aromatic heterocycles. The Morgan fingerprint density at radius 3 is 2.71 bits per heavy atom. The third kappa shape index (κ3) is 3.61. The van der Waals surface area contributed by atoms with Crippen molar-refractivity contribution < 1.29 is 14.6 Å². The second kappa shape index (κ2) is 7.43. The summed E-state index contributed by atoms with van der Waals surface area (Å²) in [4.78, 5) is 12.4. The fraction of sp³-hybridized carbons (Fsp3) is 0.762. The summed E-state index contributed by atoms with van der Waals surface area (Å²) in [6.45, 7) is 9.32. The average Bonchev–Trinajstić information content (AvgIpc) is 2.51. The highest BCUT2D eigenvalue weighted by Gasteiger charge is 2.53. The predicted octanol–water partition coefficient (Wildman–Crippen LogP) is 4.66. The normalized spacial score (nSPS) is 32.8. The molecule has 1 N–H and O–H groups in total. The van der Waals surface area contributed by atoms with E-state index >= 15 is 0 Å². The molecule has 0 amide bonds. The molecule has 24 heavy (non-hydrogen) atoms. The molecule has 0 bridgehead atoms. The number of esters is 1. The van der Waals surface area contributed by atoms with E-state index in [1.165, 1.54) is 31.9 Å². The Balaban J connectivity index is 2.34. The number of aliphatic hydroxyl groups excluding tert-OH is 1. The van der Waals surface area contributed by atoms with Gasteiger partial charge in [-0.3, -0.25) is 0 Å². The van der Waals surface area contributed by atoms with Crippen LogP contribution in [0.25, 0.3) is 0 Å².